The Hall–Kier alpha value is -0.590. The van der Waals surface area contributed by atoms with Crippen molar-refractivity contribution >= 4 is 5.78 Å². The molecular weight excluding hydrogens is 160 g/mol. The fourth-order valence-electron chi connectivity index (χ4n) is 2.23. The molecule has 1 saturated carbocycles. The first-order valence-corrected chi connectivity index (χ1v) is 5.39. The zero-order chi connectivity index (χ0) is 9.68. The number of ketones is 1. The monoisotopic (exact) mass is 180 g/mol. The summed E-state index contributed by atoms with van der Waals surface area (Å²) in [5.41, 5.74) is 0. The standard InChI is InChI=1S/C12H20O/c1-3-4-5-9-12(13)11-8-6-7-10(11)2/h3,10-11H,1,4-9H2,2H3. The molecule has 0 aromatic rings. The molecule has 0 bridgehead atoms. The third-order valence-corrected chi connectivity index (χ3v) is 3.11. The summed E-state index contributed by atoms with van der Waals surface area (Å²) in [6.45, 7) is 5.87. The Bertz CT molecular complexity index is 184. The van der Waals surface area contributed by atoms with Crippen molar-refractivity contribution in [2.45, 2.75) is 45.4 Å². The molecule has 0 saturated heterocycles. The highest BCUT2D eigenvalue weighted by molar-refractivity contribution is 5.81. The first-order chi connectivity index (χ1) is 6.25. The van der Waals surface area contributed by atoms with E-state index in [2.05, 4.69) is 13.5 Å². The predicted octanol–water partition coefficient (Wildman–Crippen LogP) is 3.35. The number of Topliss-reactive ketones (excluding diaryl/α,β-unsaturated/α-hetero) is 1. The molecule has 2 atom stereocenters. The van der Waals surface area contributed by atoms with E-state index in [1.54, 1.807) is 0 Å². The minimum absolute atomic E-state index is 0.379. The molecular formula is C12H20O. The van der Waals surface area contributed by atoms with Crippen LogP contribution in [-0.2, 0) is 4.79 Å². The summed E-state index contributed by atoms with van der Waals surface area (Å²) in [5.74, 6) is 1.51. The predicted molar refractivity (Wildman–Crippen MR) is 55.6 cm³/mol. The van der Waals surface area contributed by atoms with Crippen LogP contribution in [0.5, 0.6) is 0 Å². The average Bonchev–Trinajstić information content (AvgIpc) is 2.52. The molecule has 0 aromatic heterocycles. The third kappa shape index (κ3) is 2.98. The van der Waals surface area contributed by atoms with Gasteiger partial charge in [-0.15, -0.1) is 6.58 Å². The van der Waals surface area contributed by atoms with Crippen LogP contribution in [0.3, 0.4) is 0 Å². The van der Waals surface area contributed by atoms with Crippen LogP contribution in [0.25, 0.3) is 0 Å². The first-order valence-electron chi connectivity index (χ1n) is 5.39. The Morgan fingerprint density at radius 1 is 1.54 bits per heavy atom. The van der Waals surface area contributed by atoms with Crippen molar-refractivity contribution in [3.8, 4) is 0 Å². The topological polar surface area (TPSA) is 17.1 Å². The molecule has 0 spiro atoms. The molecule has 0 heterocycles. The van der Waals surface area contributed by atoms with Gasteiger partial charge in [0.2, 0.25) is 0 Å². The van der Waals surface area contributed by atoms with Crippen LogP contribution in [0.1, 0.15) is 45.4 Å². The largest absolute Gasteiger partial charge is 0.299 e. The summed E-state index contributed by atoms with van der Waals surface area (Å²) < 4.78 is 0. The molecule has 1 aliphatic carbocycles. The Balaban J connectivity index is 2.26. The molecule has 1 heteroatoms. The van der Waals surface area contributed by atoms with Gasteiger partial charge in [0.25, 0.3) is 0 Å². The van der Waals surface area contributed by atoms with Crippen molar-refractivity contribution in [1.29, 1.82) is 0 Å². The van der Waals surface area contributed by atoms with Gasteiger partial charge in [-0.2, -0.15) is 0 Å². The number of carbonyl (C=O) groups is 1. The van der Waals surface area contributed by atoms with E-state index in [1.165, 1.54) is 12.8 Å². The van der Waals surface area contributed by atoms with Gasteiger partial charge < -0.3 is 0 Å². The Morgan fingerprint density at radius 3 is 2.85 bits per heavy atom. The molecule has 1 rings (SSSR count). The summed E-state index contributed by atoms with van der Waals surface area (Å²) >= 11 is 0. The van der Waals surface area contributed by atoms with Crippen molar-refractivity contribution in [2.24, 2.45) is 11.8 Å². The van der Waals surface area contributed by atoms with E-state index >= 15 is 0 Å². The molecule has 0 aromatic carbocycles. The van der Waals surface area contributed by atoms with Crippen LogP contribution in [0.2, 0.25) is 0 Å². The minimum atomic E-state index is 0.379. The lowest BCUT2D eigenvalue weighted by Crippen LogP contribution is -2.16. The maximum Gasteiger partial charge on any atom is 0.136 e. The van der Waals surface area contributed by atoms with E-state index in [1.807, 2.05) is 6.08 Å². The molecule has 0 aliphatic heterocycles. The molecule has 1 nitrogen and oxygen atoms in total. The normalized spacial score (nSPS) is 27.5. The molecule has 13 heavy (non-hydrogen) atoms. The fourth-order valence-corrected chi connectivity index (χ4v) is 2.23. The highest BCUT2D eigenvalue weighted by Crippen LogP contribution is 2.32. The second kappa shape index (κ2) is 5.21. The van der Waals surface area contributed by atoms with Gasteiger partial charge in [-0.05, 0) is 31.6 Å². The van der Waals surface area contributed by atoms with Crippen molar-refractivity contribution in [3.05, 3.63) is 12.7 Å². The van der Waals surface area contributed by atoms with Gasteiger partial charge in [0.05, 0.1) is 0 Å². The lowest BCUT2D eigenvalue weighted by Gasteiger charge is -2.12. The Morgan fingerprint density at radius 2 is 2.31 bits per heavy atom. The van der Waals surface area contributed by atoms with E-state index < -0.39 is 0 Å². The second-order valence-corrected chi connectivity index (χ2v) is 4.16. The van der Waals surface area contributed by atoms with E-state index in [9.17, 15) is 4.79 Å². The third-order valence-electron chi connectivity index (χ3n) is 3.11. The molecule has 2 unspecified atom stereocenters. The summed E-state index contributed by atoms with van der Waals surface area (Å²) in [6.07, 6.45) is 8.26. The lowest BCUT2D eigenvalue weighted by molar-refractivity contribution is -0.123. The van der Waals surface area contributed by atoms with Gasteiger partial charge in [-0.1, -0.05) is 19.4 Å². The van der Waals surface area contributed by atoms with Gasteiger partial charge in [0.1, 0.15) is 5.78 Å². The molecule has 1 fully saturated rings. The zero-order valence-electron chi connectivity index (χ0n) is 8.59. The summed E-state index contributed by atoms with van der Waals surface area (Å²) in [4.78, 5) is 11.7. The number of unbranched alkanes of at least 4 members (excludes halogenated alkanes) is 1. The van der Waals surface area contributed by atoms with E-state index in [4.69, 9.17) is 0 Å². The number of rotatable bonds is 5. The molecule has 0 amide bonds. The molecule has 74 valence electrons. The molecule has 1 aliphatic rings. The van der Waals surface area contributed by atoms with Crippen LogP contribution < -0.4 is 0 Å². The van der Waals surface area contributed by atoms with Crippen LogP contribution in [0.4, 0.5) is 0 Å². The molecule has 0 radical (unpaired) electrons. The maximum absolute atomic E-state index is 11.7. The van der Waals surface area contributed by atoms with Crippen molar-refractivity contribution in [2.75, 3.05) is 0 Å². The second-order valence-electron chi connectivity index (χ2n) is 4.16. The zero-order valence-corrected chi connectivity index (χ0v) is 8.59. The van der Waals surface area contributed by atoms with E-state index in [0.717, 1.165) is 25.7 Å². The number of carbonyl (C=O) groups excluding carboxylic acids is 1. The lowest BCUT2D eigenvalue weighted by atomic mass is 9.91. The number of hydrogen-bond donors (Lipinski definition) is 0. The SMILES string of the molecule is C=CCCCC(=O)C1CCCC1C. The summed E-state index contributed by atoms with van der Waals surface area (Å²) in [5, 5.41) is 0. The van der Waals surface area contributed by atoms with Crippen molar-refractivity contribution in [1.82, 2.24) is 0 Å². The van der Waals surface area contributed by atoms with Gasteiger partial charge in [-0.3, -0.25) is 4.79 Å². The van der Waals surface area contributed by atoms with Crippen LogP contribution in [0.15, 0.2) is 12.7 Å². The smallest absolute Gasteiger partial charge is 0.136 e. The Labute approximate surface area is 81.2 Å². The van der Waals surface area contributed by atoms with Gasteiger partial charge >= 0.3 is 0 Å². The van der Waals surface area contributed by atoms with Crippen molar-refractivity contribution < 1.29 is 4.79 Å². The quantitative estimate of drug-likeness (QED) is 0.468. The highest BCUT2D eigenvalue weighted by atomic mass is 16.1. The van der Waals surface area contributed by atoms with Crippen LogP contribution in [-0.4, -0.2) is 5.78 Å². The van der Waals surface area contributed by atoms with Gasteiger partial charge in [0, 0.05) is 12.3 Å². The average molecular weight is 180 g/mol. The van der Waals surface area contributed by atoms with Crippen LogP contribution in [0, 0.1) is 11.8 Å². The Kier molecular flexibility index (Phi) is 4.20. The summed E-state index contributed by atoms with van der Waals surface area (Å²) in [6, 6.07) is 0. The van der Waals surface area contributed by atoms with E-state index in [0.29, 0.717) is 17.6 Å². The maximum atomic E-state index is 11.7. The minimum Gasteiger partial charge on any atom is -0.299 e. The number of allylic oxidation sites excluding steroid dienone is 1. The number of hydrogen-bond acceptors (Lipinski definition) is 1. The van der Waals surface area contributed by atoms with E-state index in [-0.39, 0.29) is 0 Å². The molecule has 0 N–H and O–H groups in total. The van der Waals surface area contributed by atoms with Crippen molar-refractivity contribution in [3.63, 3.8) is 0 Å². The highest BCUT2D eigenvalue weighted by Gasteiger charge is 2.28. The summed E-state index contributed by atoms with van der Waals surface area (Å²) in [7, 11) is 0. The van der Waals surface area contributed by atoms with Crippen LogP contribution >= 0.6 is 0 Å². The fraction of sp³-hybridized carbons (Fsp3) is 0.750. The van der Waals surface area contributed by atoms with Gasteiger partial charge in [-0.25, -0.2) is 0 Å². The first kappa shape index (κ1) is 10.5. The van der Waals surface area contributed by atoms with Gasteiger partial charge in [0.15, 0.2) is 0 Å².